The molecular weight excluding hydrogens is 364 g/mol. The van der Waals surface area contributed by atoms with Crippen molar-refractivity contribution in [1.29, 1.82) is 0 Å². The number of carbonyl (C=O) groups is 2. The molecule has 2 aromatic carbocycles. The summed E-state index contributed by atoms with van der Waals surface area (Å²) in [6.45, 7) is 9.43. The van der Waals surface area contributed by atoms with Gasteiger partial charge in [-0.05, 0) is 45.0 Å². The molecule has 4 rings (SSSR count). The summed E-state index contributed by atoms with van der Waals surface area (Å²) in [5.74, 6) is -1.32. The van der Waals surface area contributed by atoms with E-state index in [0.29, 0.717) is 28.4 Å². The Morgan fingerprint density at radius 2 is 1.41 bits per heavy atom. The van der Waals surface area contributed by atoms with Gasteiger partial charge in [0.1, 0.15) is 11.3 Å². The molecule has 0 fully saturated rings. The summed E-state index contributed by atoms with van der Waals surface area (Å²) in [6, 6.07) is 18.4. The lowest BCUT2D eigenvalue weighted by atomic mass is 9.65. The van der Waals surface area contributed by atoms with Crippen LogP contribution < -0.4 is 10.0 Å². The number of carbonyl (C=O) groups excluding carboxylic acids is 2. The molecular formula is C23H22N4O2. The highest BCUT2D eigenvalue weighted by Crippen LogP contribution is 2.47. The van der Waals surface area contributed by atoms with E-state index in [1.165, 1.54) is 10.0 Å². The fraction of sp³-hybridized carbons (Fsp3) is 0.217. The van der Waals surface area contributed by atoms with Gasteiger partial charge in [0.05, 0.1) is 22.8 Å². The Labute approximate surface area is 169 Å². The second-order valence-electron chi connectivity index (χ2n) is 7.39. The predicted molar refractivity (Wildman–Crippen MR) is 115 cm³/mol. The van der Waals surface area contributed by atoms with Crippen LogP contribution in [0.4, 0.5) is 11.4 Å². The van der Waals surface area contributed by atoms with Gasteiger partial charge in [0.25, 0.3) is 11.8 Å². The molecule has 29 heavy (non-hydrogen) atoms. The quantitative estimate of drug-likeness (QED) is 0.745. The van der Waals surface area contributed by atoms with E-state index in [0.717, 1.165) is 0 Å². The molecule has 0 aromatic heterocycles. The molecule has 2 aliphatic heterocycles. The summed E-state index contributed by atoms with van der Waals surface area (Å²) in [7, 11) is 0. The molecule has 2 aliphatic rings. The van der Waals surface area contributed by atoms with Crippen molar-refractivity contribution in [2.45, 2.75) is 20.8 Å². The van der Waals surface area contributed by atoms with Crippen LogP contribution in [0.3, 0.4) is 0 Å². The van der Waals surface area contributed by atoms with Crippen molar-refractivity contribution in [3.8, 4) is 0 Å². The number of anilines is 2. The number of nitrogens with zero attached hydrogens (tertiary/aromatic N) is 4. The summed E-state index contributed by atoms with van der Waals surface area (Å²) in [4.78, 5) is 27.2. The maximum absolute atomic E-state index is 13.7. The van der Waals surface area contributed by atoms with Gasteiger partial charge in [-0.2, -0.15) is 15.2 Å². The summed E-state index contributed by atoms with van der Waals surface area (Å²) >= 11 is 0. The number of hydrogen-bond acceptors (Lipinski definition) is 4. The molecule has 0 bridgehead atoms. The lowest BCUT2D eigenvalue weighted by Gasteiger charge is -2.33. The third kappa shape index (κ3) is 2.63. The van der Waals surface area contributed by atoms with E-state index < -0.39 is 11.3 Å². The first-order valence-electron chi connectivity index (χ1n) is 9.44. The Hall–Kier alpha value is -3.54. The van der Waals surface area contributed by atoms with E-state index in [1.807, 2.05) is 60.7 Å². The van der Waals surface area contributed by atoms with Gasteiger partial charge in [-0.15, -0.1) is 0 Å². The summed E-state index contributed by atoms with van der Waals surface area (Å²) in [5, 5.41) is 11.8. The highest BCUT2D eigenvalue weighted by atomic mass is 16.2. The first-order valence-corrected chi connectivity index (χ1v) is 9.44. The normalized spacial score (nSPS) is 24.0. The van der Waals surface area contributed by atoms with Gasteiger partial charge in [0.15, 0.2) is 0 Å². The average molecular weight is 386 g/mol. The largest absolute Gasteiger partial charge is 0.272 e. The average Bonchev–Trinajstić information content (AvgIpc) is 3.16. The van der Waals surface area contributed by atoms with Crippen molar-refractivity contribution in [1.82, 2.24) is 0 Å². The zero-order valence-corrected chi connectivity index (χ0v) is 16.7. The standard InChI is InChI=1S/C23H22N4O2/c1-15(2)23(17(4)25-27(22(23)29)19-13-9-6-10-14-19)20-16(3)24-26(21(20)28)18-11-7-5-8-12-18/h5-14,20H,1H2,2-4H3/t20-,23-/m0/s1. The third-order valence-electron chi connectivity index (χ3n) is 5.59. The van der Waals surface area contributed by atoms with Crippen molar-refractivity contribution < 1.29 is 9.59 Å². The minimum atomic E-state index is -1.26. The summed E-state index contributed by atoms with van der Waals surface area (Å²) in [5.41, 5.74) is 1.74. The van der Waals surface area contributed by atoms with Crippen LogP contribution in [0, 0.1) is 11.3 Å². The highest BCUT2D eigenvalue weighted by Gasteiger charge is 2.61. The molecule has 2 heterocycles. The molecule has 2 amide bonds. The van der Waals surface area contributed by atoms with E-state index in [2.05, 4.69) is 16.8 Å². The highest BCUT2D eigenvalue weighted by molar-refractivity contribution is 6.29. The van der Waals surface area contributed by atoms with Crippen LogP contribution in [0.1, 0.15) is 20.8 Å². The topological polar surface area (TPSA) is 65.3 Å². The molecule has 0 radical (unpaired) electrons. The second-order valence-corrected chi connectivity index (χ2v) is 7.39. The van der Waals surface area contributed by atoms with Crippen LogP contribution in [-0.4, -0.2) is 23.2 Å². The Morgan fingerprint density at radius 1 is 0.897 bits per heavy atom. The third-order valence-corrected chi connectivity index (χ3v) is 5.59. The lowest BCUT2D eigenvalue weighted by molar-refractivity contribution is -0.129. The summed E-state index contributed by atoms with van der Waals surface area (Å²) in [6.07, 6.45) is 0. The second kappa shape index (κ2) is 6.81. The fourth-order valence-electron chi connectivity index (χ4n) is 4.23. The number of para-hydroxylation sites is 2. The van der Waals surface area contributed by atoms with Crippen LogP contribution in [0.25, 0.3) is 0 Å². The molecule has 0 unspecified atom stereocenters. The predicted octanol–water partition coefficient (Wildman–Crippen LogP) is 4.01. The smallest absolute Gasteiger partial charge is 0.264 e. The van der Waals surface area contributed by atoms with Gasteiger partial charge >= 0.3 is 0 Å². The minimum Gasteiger partial charge on any atom is -0.272 e. The van der Waals surface area contributed by atoms with Crippen LogP contribution >= 0.6 is 0 Å². The van der Waals surface area contributed by atoms with Gasteiger partial charge in [0, 0.05) is 0 Å². The Bertz CT molecular complexity index is 1060. The molecule has 0 spiro atoms. The molecule has 0 saturated heterocycles. The Balaban J connectivity index is 1.80. The number of hydrazone groups is 2. The number of benzene rings is 2. The molecule has 0 aliphatic carbocycles. The van der Waals surface area contributed by atoms with Crippen LogP contribution in [0.5, 0.6) is 0 Å². The van der Waals surface area contributed by atoms with Gasteiger partial charge in [-0.3, -0.25) is 9.59 Å². The van der Waals surface area contributed by atoms with Gasteiger partial charge in [-0.25, -0.2) is 5.01 Å². The van der Waals surface area contributed by atoms with Crippen molar-refractivity contribution >= 4 is 34.6 Å². The van der Waals surface area contributed by atoms with Crippen molar-refractivity contribution in [3.63, 3.8) is 0 Å². The summed E-state index contributed by atoms with van der Waals surface area (Å²) < 4.78 is 0. The zero-order chi connectivity index (χ0) is 20.8. The van der Waals surface area contributed by atoms with E-state index in [1.54, 1.807) is 20.8 Å². The fourth-order valence-corrected chi connectivity index (χ4v) is 4.23. The van der Waals surface area contributed by atoms with Gasteiger partial charge < -0.3 is 0 Å². The SMILES string of the molecule is C=C(C)[C@]1([C@@H]2C(=O)N(c3ccccc3)N=C2C)C(=O)N(c2ccccc2)N=C1C. The first kappa shape index (κ1) is 18.8. The zero-order valence-electron chi connectivity index (χ0n) is 16.7. The van der Waals surface area contributed by atoms with Gasteiger partial charge in [-0.1, -0.05) is 48.6 Å². The van der Waals surface area contributed by atoms with Crippen molar-refractivity contribution in [2.75, 3.05) is 10.0 Å². The van der Waals surface area contributed by atoms with Crippen LogP contribution in [-0.2, 0) is 9.59 Å². The number of amides is 2. The molecule has 2 aromatic rings. The molecule has 0 saturated carbocycles. The van der Waals surface area contributed by atoms with E-state index >= 15 is 0 Å². The van der Waals surface area contributed by atoms with Crippen LogP contribution in [0.2, 0.25) is 0 Å². The molecule has 146 valence electrons. The number of rotatable bonds is 4. The Morgan fingerprint density at radius 3 is 1.93 bits per heavy atom. The maximum Gasteiger partial charge on any atom is 0.264 e. The maximum atomic E-state index is 13.7. The van der Waals surface area contributed by atoms with Gasteiger partial charge in [0.2, 0.25) is 0 Å². The van der Waals surface area contributed by atoms with Crippen molar-refractivity contribution in [2.24, 2.45) is 21.5 Å². The lowest BCUT2D eigenvalue weighted by Crippen LogP contribution is -2.51. The molecule has 6 nitrogen and oxygen atoms in total. The first-order chi connectivity index (χ1) is 13.9. The van der Waals surface area contributed by atoms with Crippen molar-refractivity contribution in [3.05, 3.63) is 72.8 Å². The minimum absolute atomic E-state index is 0.255. The van der Waals surface area contributed by atoms with E-state index in [4.69, 9.17) is 0 Å². The molecule has 2 atom stereocenters. The molecule has 6 heteroatoms. The van der Waals surface area contributed by atoms with E-state index in [9.17, 15) is 9.59 Å². The Kier molecular flexibility index (Phi) is 4.42. The van der Waals surface area contributed by atoms with Crippen LogP contribution in [0.15, 0.2) is 83.0 Å². The molecule has 0 N–H and O–H groups in total. The monoisotopic (exact) mass is 386 g/mol. The number of hydrogen-bond donors (Lipinski definition) is 0. The van der Waals surface area contributed by atoms with E-state index in [-0.39, 0.29) is 11.8 Å².